The summed E-state index contributed by atoms with van der Waals surface area (Å²) in [6, 6.07) is 34.8. The van der Waals surface area contributed by atoms with Crippen LogP contribution < -0.4 is 0 Å². The van der Waals surface area contributed by atoms with E-state index >= 15 is 0 Å². The average Bonchev–Trinajstić information content (AvgIpc) is 3.95. The van der Waals surface area contributed by atoms with Gasteiger partial charge < -0.3 is 8.83 Å². The van der Waals surface area contributed by atoms with Crippen LogP contribution in [0.3, 0.4) is 0 Å². The van der Waals surface area contributed by atoms with Crippen LogP contribution in [0.4, 0.5) is 0 Å². The zero-order valence-corrected chi connectivity index (χ0v) is 27.4. The second kappa shape index (κ2) is 10.9. The molecule has 0 atom stereocenters. The number of aromatic nitrogens is 3. The number of para-hydroxylation sites is 3. The van der Waals surface area contributed by atoms with Gasteiger partial charge in [0.1, 0.15) is 22.3 Å². The van der Waals surface area contributed by atoms with Crippen molar-refractivity contribution in [1.29, 1.82) is 0 Å². The minimum absolute atomic E-state index is 0.0125. The third-order valence-electron chi connectivity index (χ3n) is 9.27. The van der Waals surface area contributed by atoms with E-state index in [1.807, 2.05) is 115 Å². The van der Waals surface area contributed by atoms with Crippen LogP contribution in [0.15, 0.2) is 160 Å². The van der Waals surface area contributed by atoms with Gasteiger partial charge in [-0.3, -0.25) is 0 Å². The zero-order valence-electron chi connectivity index (χ0n) is 32.5. The highest BCUT2D eigenvalue weighted by molar-refractivity contribution is 7.26. The van der Waals surface area contributed by atoms with Gasteiger partial charge in [-0.2, -0.15) is 0 Å². The van der Waals surface area contributed by atoms with Gasteiger partial charge in [0.2, 0.25) is 0 Å². The summed E-state index contributed by atoms with van der Waals surface area (Å²) >= 11 is 1.56. The fourth-order valence-electron chi connectivity index (χ4n) is 6.91. The molecule has 0 spiro atoms. The van der Waals surface area contributed by atoms with Crippen LogP contribution in [-0.2, 0) is 0 Å². The van der Waals surface area contributed by atoms with Crippen molar-refractivity contribution < 1.29 is 17.1 Å². The lowest BCUT2D eigenvalue weighted by Gasteiger charge is -2.08. The Labute approximate surface area is 303 Å². The second-order valence-electron chi connectivity index (χ2n) is 12.2. The van der Waals surface area contributed by atoms with Gasteiger partial charge in [-0.05, 0) is 30.3 Å². The van der Waals surface area contributed by atoms with Gasteiger partial charge in [-0.1, -0.05) is 121 Å². The van der Waals surface area contributed by atoms with Crippen LogP contribution in [0, 0.1) is 0 Å². The van der Waals surface area contributed by atoms with Crippen LogP contribution in [0.1, 0.15) is 8.22 Å². The van der Waals surface area contributed by atoms with Crippen molar-refractivity contribution in [1.82, 2.24) is 15.0 Å². The zero-order chi connectivity index (χ0) is 38.7. The first kappa shape index (κ1) is 22.9. The Bertz CT molecular complexity index is 3510. The molecule has 0 unspecified atom stereocenters. The van der Waals surface area contributed by atoms with Gasteiger partial charge in [0.15, 0.2) is 17.5 Å². The number of fused-ring (bicyclic) bond motifs is 9. The molecule has 7 aromatic carbocycles. The van der Waals surface area contributed by atoms with E-state index in [1.165, 1.54) is 0 Å². The van der Waals surface area contributed by atoms with E-state index < -0.39 is 0 Å². The predicted octanol–water partition coefficient (Wildman–Crippen LogP) is 12.7. The van der Waals surface area contributed by atoms with Crippen LogP contribution in [-0.4, -0.2) is 15.0 Å². The van der Waals surface area contributed by atoms with Crippen molar-refractivity contribution in [2.45, 2.75) is 0 Å². The Morgan fingerprint density at radius 1 is 0.451 bits per heavy atom. The number of thiophene rings is 1. The lowest BCUT2D eigenvalue weighted by molar-refractivity contribution is 0.669. The Balaban J connectivity index is 1.20. The highest BCUT2D eigenvalue weighted by Gasteiger charge is 2.20. The van der Waals surface area contributed by atoms with Crippen molar-refractivity contribution in [3.8, 4) is 45.3 Å². The highest BCUT2D eigenvalue weighted by atomic mass is 32.1. The first-order chi connectivity index (χ1) is 27.8. The van der Waals surface area contributed by atoms with Gasteiger partial charge >= 0.3 is 0 Å². The molecule has 0 aliphatic carbocycles. The Morgan fingerprint density at radius 3 is 2.04 bits per heavy atom. The van der Waals surface area contributed by atoms with E-state index in [4.69, 9.17) is 27.9 Å². The summed E-state index contributed by atoms with van der Waals surface area (Å²) in [6.07, 6.45) is 0. The van der Waals surface area contributed by atoms with Crippen molar-refractivity contribution in [2.24, 2.45) is 0 Å². The molecule has 0 N–H and O–H groups in total. The summed E-state index contributed by atoms with van der Waals surface area (Å²) in [4.78, 5) is 14.5. The summed E-state index contributed by atoms with van der Waals surface area (Å²) in [5.41, 5.74) is 3.47. The quantitative estimate of drug-likeness (QED) is 0.185. The van der Waals surface area contributed by atoms with Crippen LogP contribution in [0.5, 0.6) is 0 Å². The van der Waals surface area contributed by atoms with Gasteiger partial charge in [0.25, 0.3) is 0 Å². The molecule has 0 fully saturated rings. The molecule has 0 aliphatic rings. The van der Waals surface area contributed by atoms with Crippen LogP contribution in [0.25, 0.3) is 109 Å². The fourth-order valence-corrected chi connectivity index (χ4v) is 8.13. The maximum atomic E-state index is 9.59. The molecule has 5 nitrogen and oxygen atoms in total. The number of nitrogens with zero attached hydrogens (tertiary/aromatic N) is 3. The monoisotopic (exact) mass is 677 g/mol. The summed E-state index contributed by atoms with van der Waals surface area (Å²) in [7, 11) is 0. The minimum atomic E-state index is -0.345. The number of hydrogen-bond acceptors (Lipinski definition) is 6. The molecule has 0 bridgehead atoms. The van der Waals surface area contributed by atoms with Crippen LogP contribution >= 0.6 is 11.3 Å². The molecule has 0 radical (unpaired) electrons. The first-order valence-corrected chi connectivity index (χ1v) is 17.2. The van der Waals surface area contributed by atoms with Gasteiger partial charge in [-0.25, -0.2) is 15.0 Å². The molecule has 0 saturated carbocycles. The normalized spacial score (nSPS) is 13.6. The number of hydrogen-bond donors (Lipinski definition) is 0. The molecule has 11 aromatic rings. The predicted molar refractivity (Wildman–Crippen MR) is 209 cm³/mol. The Hall–Kier alpha value is -6.63. The van der Waals surface area contributed by atoms with E-state index in [2.05, 4.69) is 0 Å². The van der Waals surface area contributed by atoms with Crippen molar-refractivity contribution >= 4 is 75.4 Å². The first-order valence-electron chi connectivity index (χ1n) is 19.4. The van der Waals surface area contributed by atoms with E-state index in [-0.39, 0.29) is 75.4 Å². The molecular formula is C45H25N3O2S. The lowest BCUT2D eigenvalue weighted by atomic mass is 10.00. The van der Waals surface area contributed by atoms with E-state index in [1.54, 1.807) is 11.3 Å². The fraction of sp³-hybridized carbons (Fsp3) is 0. The van der Waals surface area contributed by atoms with E-state index in [9.17, 15) is 4.11 Å². The molecule has 6 heteroatoms. The maximum Gasteiger partial charge on any atom is 0.167 e. The van der Waals surface area contributed by atoms with Gasteiger partial charge in [-0.15, -0.1) is 11.3 Å². The van der Waals surface area contributed by atoms with Gasteiger partial charge in [0.05, 0.1) is 13.8 Å². The van der Waals surface area contributed by atoms with Crippen molar-refractivity contribution in [2.75, 3.05) is 0 Å². The summed E-state index contributed by atoms with van der Waals surface area (Å²) < 4.78 is 70.2. The molecule has 0 amide bonds. The topological polar surface area (TPSA) is 65.0 Å². The summed E-state index contributed by atoms with van der Waals surface area (Å²) in [5, 5.41) is 4.01. The molecule has 4 heterocycles. The molecule has 0 aliphatic heterocycles. The average molecular weight is 678 g/mol. The third kappa shape index (κ3) is 4.37. The Morgan fingerprint density at radius 2 is 1.14 bits per heavy atom. The molecule has 0 saturated heterocycles. The van der Waals surface area contributed by atoms with E-state index in [0.29, 0.717) is 39.2 Å². The lowest BCUT2D eigenvalue weighted by Crippen LogP contribution is -2.00. The largest absolute Gasteiger partial charge is 0.455 e. The maximum absolute atomic E-state index is 9.59. The number of benzene rings is 7. The standard InChI is InChI=1S/C45H25N3O2S/c1-2-11-26(12-3-1)43-46-44(48-45(47-43)36-20-9-16-31-28-13-4-6-21-37(28)49-41(31)36)27-23-24-29-32-15-8-17-33(40(32)50-38(29)25-27)35-19-10-18-34-30-14-5-7-22-39(30)51-42(34)35/h1-25H/i8D,15D,17D,23D,24D,25D. The number of rotatable bonds is 4. The molecule has 238 valence electrons. The smallest absolute Gasteiger partial charge is 0.167 e. The molecule has 51 heavy (non-hydrogen) atoms. The van der Waals surface area contributed by atoms with Crippen molar-refractivity contribution in [3.05, 3.63) is 152 Å². The molecule has 11 rings (SSSR count). The summed E-state index contributed by atoms with van der Waals surface area (Å²) in [6.45, 7) is 0. The van der Waals surface area contributed by atoms with Crippen LogP contribution in [0.2, 0.25) is 0 Å². The van der Waals surface area contributed by atoms with Crippen molar-refractivity contribution in [3.63, 3.8) is 0 Å². The van der Waals surface area contributed by atoms with E-state index in [0.717, 1.165) is 30.9 Å². The molecular weight excluding hydrogens is 647 g/mol. The highest BCUT2D eigenvalue weighted by Crippen LogP contribution is 2.44. The third-order valence-corrected chi connectivity index (χ3v) is 10.5. The summed E-state index contributed by atoms with van der Waals surface area (Å²) in [5.74, 6) is 0.536. The minimum Gasteiger partial charge on any atom is -0.455 e. The molecule has 4 aromatic heterocycles. The van der Waals surface area contributed by atoms with Gasteiger partial charge in [0, 0.05) is 64.0 Å². The Kier molecular flexibility index (Phi) is 4.91. The SMILES string of the molecule is [2H]c1c([2H])c([2H])c2c(oc3c([2H])c(-c4nc(-c5ccccc5)nc(-c5cccc6c5oc5ccccc56)n4)c([2H])c([2H])c32)c1-c1cccc2c1sc1ccccc12. The number of furan rings is 2. The second-order valence-corrected chi connectivity index (χ2v) is 13.3.